The van der Waals surface area contributed by atoms with E-state index >= 15 is 0 Å². The van der Waals surface area contributed by atoms with Gasteiger partial charge in [0.25, 0.3) is 0 Å². The number of hydrogen-bond acceptors (Lipinski definition) is 5. The van der Waals surface area contributed by atoms with E-state index in [-0.39, 0.29) is 5.97 Å². The maximum atomic E-state index is 11.4. The van der Waals surface area contributed by atoms with E-state index in [1.54, 1.807) is 41.8 Å². The number of ether oxygens (including phenoxy) is 1. The first-order valence-corrected chi connectivity index (χ1v) is 7.80. The van der Waals surface area contributed by atoms with Gasteiger partial charge in [-0.05, 0) is 29.8 Å². The molecule has 116 valence electrons. The SMILES string of the molecule is COC(=O)c1ccc(C=NN=c2sc3ccccc3n2C)cc1. The van der Waals surface area contributed by atoms with Gasteiger partial charge in [0, 0.05) is 7.05 Å². The number of thiazole rings is 1. The summed E-state index contributed by atoms with van der Waals surface area (Å²) in [5.74, 6) is -0.351. The summed E-state index contributed by atoms with van der Waals surface area (Å²) in [5.41, 5.74) is 2.51. The van der Waals surface area contributed by atoms with Gasteiger partial charge in [-0.3, -0.25) is 0 Å². The molecule has 0 saturated carbocycles. The van der Waals surface area contributed by atoms with Crippen LogP contribution < -0.4 is 4.80 Å². The Morgan fingerprint density at radius 1 is 1.17 bits per heavy atom. The second-order valence-electron chi connectivity index (χ2n) is 4.87. The van der Waals surface area contributed by atoms with Crippen LogP contribution in [0.25, 0.3) is 10.2 Å². The van der Waals surface area contributed by atoms with E-state index in [0.717, 1.165) is 15.9 Å². The summed E-state index contributed by atoms with van der Waals surface area (Å²) >= 11 is 1.59. The van der Waals surface area contributed by atoms with Crippen molar-refractivity contribution in [2.75, 3.05) is 7.11 Å². The van der Waals surface area contributed by atoms with Crippen LogP contribution in [0.3, 0.4) is 0 Å². The number of methoxy groups -OCH3 is 1. The lowest BCUT2D eigenvalue weighted by Crippen LogP contribution is -2.08. The van der Waals surface area contributed by atoms with Crippen LogP contribution in [0, 0.1) is 0 Å². The number of hydrogen-bond donors (Lipinski definition) is 0. The third-order valence-corrected chi connectivity index (χ3v) is 4.50. The topological polar surface area (TPSA) is 55.9 Å². The van der Waals surface area contributed by atoms with Gasteiger partial charge in [0.1, 0.15) is 0 Å². The molecule has 0 N–H and O–H groups in total. The minimum atomic E-state index is -0.351. The summed E-state index contributed by atoms with van der Waals surface area (Å²) in [6.45, 7) is 0. The van der Waals surface area contributed by atoms with Crippen LogP contribution in [-0.4, -0.2) is 23.9 Å². The molecule has 3 rings (SSSR count). The molecule has 0 atom stereocenters. The van der Waals surface area contributed by atoms with Gasteiger partial charge in [-0.15, -0.1) is 5.10 Å². The molecule has 0 unspecified atom stereocenters. The smallest absolute Gasteiger partial charge is 0.337 e. The highest BCUT2D eigenvalue weighted by Gasteiger charge is 2.03. The third kappa shape index (κ3) is 3.22. The van der Waals surface area contributed by atoms with Crippen molar-refractivity contribution in [1.29, 1.82) is 0 Å². The Hall–Kier alpha value is -2.73. The van der Waals surface area contributed by atoms with Crippen molar-refractivity contribution in [2.24, 2.45) is 17.3 Å². The summed E-state index contributed by atoms with van der Waals surface area (Å²) in [5, 5.41) is 8.41. The minimum Gasteiger partial charge on any atom is -0.465 e. The third-order valence-electron chi connectivity index (χ3n) is 3.40. The maximum Gasteiger partial charge on any atom is 0.337 e. The summed E-state index contributed by atoms with van der Waals surface area (Å²) in [6, 6.07) is 15.1. The monoisotopic (exact) mass is 325 g/mol. The molecule has 6 heteroatoms. The molecule has 23 heavy (non-hydrogen) atoms. The highest BCUT2D eigenvalue weighted by Crippen LogP contribution is 2.15. The number of aryl methyl sites for hydroxylation is 1. The Morgan fingerprint density at radius 2 is 1.91 bits per heavy atom. The summed E-state index contributed by atoms with van der Waals surface area (Å²) in [7, 11) is 3.33. The molecule has 0 radical (unpaired) electrons. The molecule has 0 aliphatic carbocycles. The fourth-order valence-corrected chi connectivity index (χ4v) is 3.12. The van der Waals surface area contributed by atoms with Crippen LogP contribution in [0.5, 0.6) is 0 Å². The molecule has 0 aliphatic heterocycles. The molecular formula is C17H15N3O2S. The van der Waals surface area contributed by atoms with Crippen molar-refractivity contribution >= 4 is 33.7 Å². The van der Waals surface area contributed by atoms with Gasteiger partial charge in [-0.2, -0.15) is 5.10 Å². The predicted molar refractivity (Wildman–Crippen MR) is 91.7 cm³/mol. The Balaban J connectivity index is 1.84. The summed E-state index contributed by atoms with van der Waals surface area (Å²) in [6.07, 6.45) is 1.66. The van der Waals surface area contributed by atoms with Gasteiger partial charge >= 0.3 is 5.97 Å². The second-order valence-corrected chi connectivity index (χ2v) is 5.88. The zero-order valence-electron chi connectivity index (χ0n) is 12.8. The molecule has 0 spiro atoms. The first-order chi connectivity index (χ1) is 11.2. The molecule has 1 aromatic heterocycles. The predicted octanol–water partition coefficient (Wildman–Crippen LogP) is 2.96. The number of aromatic nitrogens is 1. The highest BCUT2D eigenvalue weighted by atomic mass is 32.1. The van der Waals surface area contributed by atoms with E-state index in [2.05, 4.69) is 27.1 Å². The average Bonchev–Trinajstić information content (AvgIpc) is 2.91. The van der Waals surface area contributed by atoms with Crippen LogP contribution in [-0.2, 0) is 11.8 Å². The number of carbonyl (C=O) groups is 1. The van der Waals surface area contributed by atoms with E-state index in [0.29, 0.717) is 5.56 Å². The van der Waals surface area contributed by atoms with Gasteiger partial charge < -0.3 is 9.30 Å². The summed E-state index contributed by atoms with van der Waals surface area (Å²) < 4.78 is 7.85. The molecule has 0 saturated heterocycles. The molecular weight excluding hydrogens is 310 g/mol. The normalized spacial score (nSPS) is 12.2. The standard InChI is InChI=1S/C17H15N3O2S/c1-20-14-5-3-4-6-15(14)23-17(20)19-18-11-12-7-9-13(10-8-12)16(21)22-2/h3-11H,1-2H3. The Labute approximate surface area is 137 Å². The van der Waals surface area contributed by atoms with Crippen LogP contribution in [0.1, 0.15) is 15.9 Å². The molecule has 5 nitrogen and oxygen atoms in total. The van der Waals surface area contributed by atoms with Crippen LogP contribution in [0.4, 0.5) is 0 Å². The van der Waals surface area contributed by atoms with Gasteiger partial charge in [0.05, 0.1) is 29.1 Å². The fourth-order valence-electron chi connectivity index (χ4n) is 2.15. The average molecular weight is 325 g/mol. The molecule has 1 heterocycles. The summed E-state index contributed by atoms with van der Waals surface area (Å²) in [4.78, 5) is 12.2. The zero-order valence-corrected chi connectivity index (χ0v) is 13.6. The van der Waals surface area contributed by atoms with Gasteiger partial charge in [0.15, 0.2) is 0 Å². The molecule has 0 amide bonds. The van der Waals surface area contributed by atoms with E-state index in [1.807, 2.05) is 23.7 Å². The lowest BCUT2D eigenvalue weighted by Gasteiger charge is -1.98. The van der Waals surface area contributed by atoms with Crippen molar-refractivity contribution in [1.82, 2.24) is 4.57 Å². The Kier molecular flexibility index (Phi) is 4.34. The van der Waals surface area contributed by atoms with E-state index < -0.39 is 0 Å². The highest BCUT2D eigenvalue weighted by molar-refractivity contribution is 7.16. The molecule has 0 bridgehead atoms. The van der Waals surface area contributed by atoms with Gasteiger partial charge in [-0.25, -0.2) is 4.79 Å². The van der Waals surface area contributed by atoms with Gasteiger partial charge in [-0.1, -0.05) is 35.6 Å². The number of rotatable bonds is 3. The fraction of sp³-hybridized carbons (Fsp3) is 0.118. The van der Waals surface area contributed by atoms with Crippen LogP contribution in [0.15, 0.2) is 58.7 Å². The van der Waals surface area contributed by atoms with Crippen molar-refractivity contribution < 1.29 is 9.53 Å². The number of carbonyl (C=O) groups excluding carboxylic acids is 1. The van der Waals surface area contributed by atoms with Crippen LogP contribution >= 0.6 is 11.3 Å². The van der Waals surface area contributed by atoms with E-state index in [1.165, 1.54) is 11.8 Å². The molecule has 0 fully saturated rings. The van der Waals surface area contributed by atoms with E-state index in [9.17, 15) is 4.79 Å². The minimum absolute atomic E-state index is 0.351. The number of nitrogens with zero attached hydrogens (tertiary/aromatic N) is 3. The first-order valence-electron chi connectivity index (χ1n) is 6.99. The number of esters is 1. The van der Waals surface area contributed by atoms with Crippen molar-refractivity contribution in [3.63, 3.8) is 0 Å². The van der Waals surface area contributed by atoms with E-state index in [4.69, 9.17) is 0 Å². The Morgan fingerprint density at radius 3 is 2.61 bits per heavy atom. The van der Waals surface area contributed by atoms with Crippen LogP contribution in [0.2, 0.25) is 0 Å². The zero-order chi connectivity index (χ0) is 16.2. The lowest BCUT2D eigenvalue weighted by atomic mass is 10.1. The van der Waals surface area contributed by atoms with Crippen molar-refractivity contribution in [2.45, 2.75) is 0 Å². The van der Waals surface area contributed by atoms with Crippen molar-refractivity contribution in [3.8, 4) is 0 Å². The number of fused-ring (bicyclic) bond motifs is 1. The second kappa shape index (κ2) is 6.58. The molecule has 2 aromatic carbocycles. The lowest BCUT2D eigenvalue weighted by molar-refractivity contribution is 0.0600. The van der Waals surface area contributed by atoms with Crippen molar-refractivity contribution in [3.05, 3.63) is 64.5 Å². The quantitative estimate of drug-likeness (QED) is 0.422. The number of para-hydroxylation sites is 1. The number of benzene rings is 2. The largest absolute Gasteiger partial charge is 0.465 e. The van der Waals surface area contributed by atoms with Gasteiger partial charge in [0.2, 0.25) is 4.80 Å². The molecule has 3 aromatic rings. The Bertz CT molecular complexity index is 936. The maximum absolute atomic E-state index is 11.4. The molecule has 0 aliphatic rings. The first kappa shape index (κ1) is 15.2.